The zero-order valence-electron chi connectivity index (χ0n) is 12.1. The second kappa shape index (κ2) is 7.11. The predicted octanol–water partition coefficient (Wildman–Crippen LogP) is 4.81. The smallest absolute Gasteiger partial charge is 0.124 e. The highest BCUT2D eigenvalue weighted by Crippen LogP contribution is 2.37. The van der Waals surface area contributed by atoms with Crippen molar-refractivity contribution in [3.8, 4) is 5.75 Å². The molecule has 0 fully saturated rings. The van der Waals surface area contributed by atoms with E-state index in [-0.39, 0.29) is 6.04 Å². The lowest BCUT2D eigenvalue weighted by molar-refractivity contribution is 0.334. The minimum atomic E-state index is 0.124. The summed E-state index contributed by atoms with van der Waals surface area (Å²) in [6.07, 6.45) is 0. The van der Waals surface area contributed by atoms with Crippen LogP contribution in [0.15, 0.2) is 30.3 Å². The molecule has 0 radical (unpaired) electrons. The third-order valence-electron chi connectivity index (χ3n) is 3.10. The molecule has 0 saturated carbocycles. The van der Waals surface area contributed by atoms with Crippen LogP contribution in [-0.2, 0) is 0 Å². The predicted molar refractivity (Wildman–Crippen MR) is 87.2 cm³/mol. The molecule has 1 unspecified atom stereocenters. The van der Waals surface area contributed by atoms with Crippen LogP contribution in [0, 0.1) is 6.92 Å². The molecule has 2 aromatic rings. The quantitative estimate of drug-likeness (QED) is 0.827. The van der Waals surface area contributed by atoms with Crippen LogP contribution in [0.2, 0.25) is 4.34 Å². The number of benzene rings is 1. The van der Waals surface area contributed by atoms with Crippen molar-refractivity contribution in [2.45, 2.75) is 26.8 Å². The number of ether oxygens (including phenoxy) is 1. The van der Waals surface area contributed by atoms with Crippen LogP contribution in [0.1, 0.15) is 35.9 Å². The van der Waals surface area contributed by atoms with Gasteiger partial charge in [-0.3, -0.25) is 0 Å². The molecule has 2 nitrogen and oxygen atoms in total. The van der Waals surface area contributed by atoms with E-state index in [0.717, 1.165) is 27.8 Å². The van der Waals surface area contributed by atoms with E-state index in [0.29, 0.717) is 6.61 Å². The van der Waals surface area contributed by atoms with Gasteiger partial charge in [0.1, 0.15) is 5.75 Å². The van der Waals surface area contributed by atoms with Gasteiger partial charge < -0.3 is 10.1 Å². The number of thiophene rings is 1. The molecule has 4 heteroatoms. The minimum absolute atomic E-state index is 0.124. The number of hydrogen-bond acceptors (Lipinski definition) is 3. The molecule has 0 aliphatic heterocycles. The molecule has 0 aliphatic rings. The van der Waals surface area contributed by atoms with Crippen molar-refractivity contribution >= 4 is 22.9 Å². The molecule has 0 amide bonds. The Bertz CT molecular complexity index is 548. The summed E-state index contributed by atoms with van der Waals surface area (Å²) >= 11 is 7.85. The van der Waals surface area contributed by atoms with Gasteiger partial charge in [0.05, 0.1) is 17.0 Å². The SMILES string of the molecule is CCNC(c1cc(C)c(Cl)s1)c1ccccc1OCC. The van der Waals surface area contributed by atoms with Gasteiger partial charge >= 0.3 is 0 Å². The average molecular weight is 310 g/mol. The number of hydrogen-bond donors (Lipinski definition) is 1. The summed E-state index contributed by atoms with van der Waals surface area (Å²) in [6, 6.07) is 10.5. The van der Waals surface area contributed by atoms with E-state index in [1.54, 1.807) is 11.3 Å². The van der Waals surface area contributed by atoms with E-state index in [1.807, 2.05) is 32.0 Å². The maximum Gasteiger partial charge on any atom is 0.124 e. The van der Waals surface area contributed by atoms with Gasteiger partial charge in [0.25, 0.3) is 0 Å². The standard InChI is InChI=1S/C16H20ClNOS/c1-4-18-15(14-10-11(3)16(17)20-14)12-8-6-7-9-13(12)19-5-2/h6-10,15,18H,4-5H2,1-3H3. The van der Waals surface area contributed by atoms with Gasteiger partial charge in [-0.15, -0.1) is 11.3 Å². The molecule has 0 aliphatic carbocycles. The molecule has 1 aromatic carbocycles. The largest absolute Gasteiger partial charge is 0.494 e. The summed E-state index contributed by atoms with van der Waals surface area (Å²) in [7, 11) is 0. The fourth-order valence-corrected chi connectivity index (χ4v) is 3.51. The van der Waals surface area contributed by atoms with Gasteiger partial charge in [-0.05, 0) is 38.1 Å². The van der Waals surface area contributed by atoms with Gasteiger partial charge in [0, 0.05) is 10.4 Å². The molecule has 0 spiro atoms. The summed E-state index contributed by atoms with van der Waals surface area (Å²) in [5, 5.41) is 3.53. The Morgan fingerprint density at radius 2 is 2.05 bits per heavy atom. The van der Waals surface area contributed by atoms with E-state index in [2.05, 4.69) is 24.4 Å². The third-order valence-corrected chi connectivity index (χ3v) is 4.72. The number of halogens is 1. The highest BCUT2D eigenvalue weighted by molar-refractivity contribution is 7.16. The summed E-state index contributed by atoms with van der Waals surface area (Å²) in [6.45, 7) is 7.71. The second-order valence-electron chi connectivity index (χ2n) is 4.57. The first-order valence-corrected chi connectivity index (χ1v) is 8.07. The van der Waals surface area contributed by atoms with Crippen molar-refractivity contribution < 1.29 is 4.74 Å². The zero-order valence-corrected chi connectivity index (χ0v) is 13.6. The topological polar surface area (TPSA) is 21.3 Å². The third kappa shape index (κ3) is 3.35. The van der Waals surface area contributed by atoms with Gasteiger partial charge in [0.2, 0.25) is 0 Å². The van der Waals surface area contributed by atoms with Crippen molar-refractivity contribution in [1.29, 1.82) is 0 Å². The Kier molecular flexibility index (Phi) is 5.46. The summed E-state index contributed by atoms with van der Waals surface area (Å²) in [4.78, 5) is 1.22. The van der Waals surface area contributed by atoms with E-state index in [9.17, 15) is 0 Å². The van der Waals surface area contributed by atoms with Crippen LogP contribution in [0.4, 0.5) is 0 Å². The molecular formula is C16H20ClNOS. The van der Waals surface area contributed by atoms with Gasteiger partial charge in [0.15, 0.2) is 0 Å². The van der Waals surface area contributed by atoms with Crippen molar-refractivity contribution in [3.63, 3.8) is 0 Å². The normalized spacial score (nSPS) is 12.4. The van der Waals surface area contributed by atoms with Crippen molar-refractivity contribution in [3.05, 3.63) is 50.7 Å². The number of para-hydroxylation sites is 1. The maximum atomic E-state index is 6.22. The van der Waals surface area contributed by atoms with E-state index in [4.69, 9.17) is 16.3 Å². The molecule has 0 bridgehead atoms. The highest BCUT2D eigenvalue weighted by atomic mass is 35.5. The summed E-state index contributed by atoms with van der Waals surface area (Å²) < 4.78 is 6.61. The molecule has 1 heterocycles. The Hall–Kier alpha value is -1.03. The molecule has 1 aromatic heterocycles. The Morgan fingerprint density at radius 3 is 2.65 bits per heavy atom. The van der Waals surface area contributed by atoms with Crippen molar-refractivity contribution in [2.75, 3.05) is 13.2 Å². The van der Waals surface area contributed by atoms with Crippen LogP contribution in [0.25, 0.3) is 0 Å². The molecule has 2 rings (SSSR count). The molecule has 0 saturated heterocycles. The fraction of sp³-hybridized carbons (Fsp3) is 0.375. The van der Waals surface area contributed by atoms with Gasteiger partial charge in [-0.2, -0.15) is 0 Å². The number of rotatable bonds is 6. The van der Waals surface area contributed by atoms with E-state index >= 15 is 0 Å². The summed E-state index contributed by atoms with van der Waals surface area (Å²) in [5.41, 5.74) is 2.29. The lowest BCUT2D eigenvalue weighted by Gasteiger charge is -2.20. The van der Waals surface area contributed by atoms with Gasteiger partial charge in [-0.25, -0.2) is 0 Å². The molecular weight excluding hydrogens is 290 g/mol. The Balaban J connectivity index is 2.42. The lowest BCUT2D eigenvalue weighted by atomic mass is 10.0. The van der Waals surface area contributed by atoms with Crippen molar-refractivity contribution in [1.82, 2.24) is 5.32 Å². The first-order valence-electron chi connectivity index (χ1n) is 6.88. The van der Waals surface area contributed by atoms with E-state index < -0.39 is 0 Å². The molecule has 20 heavy (non-hydrogen) atoms. The number of nitrogens with one attached hydrogen (secondary N) is 1. The van der Waals surface area contributed by atoms with Gasteiger partial charge in [-0.1, -0.05) is 36.7 Å². The van der Waals surface area contributed by atoms with E-state index in [1.165, 1.54) is 4.88 Å². The first-order chi connectivity index (χ1) is 9.67. The molecule has 108 valence electrons. The maximum absolute atomic E-state index is 6.22. The van der Waals surface area contributed by atoms with Crippen LogP contribution in [0.5, 0.6) is 5.75 Å². The summed E-state index contributed by atoms with van der Waals surface area (Å²) in [5.74, 6) is 0.933. The van der Waals surface area contributed by atoms with Crippen molar-refractivity contribution in [2.24, 2.45) is 0 Å². The van der Waals surface area contributed by atoms with Crippen LogP contribution in [0.3, 0.4) is 0 Å². The minimum Gasteiger partial charge on any atom is -0.494 e. The van der Waals surface area contributed by atoms with Crippen LogP contribution < -0.4 is 10.1 Å². The molecule has 1 atom stereocenters. The average Bonchev–Trinajstić information content (AvgIpc) is 2.77. The van der Waals surface area contributed by atoms with Crippen LogP contribution >= 0.6 is 22.9 Å². The number of aryl methyl sites for hydroxylation is 1. The monoisotopic (exact) mass is 309 g/mol. The Labute approximate surface area is 129 Å². The second-order valence-corrected chi connectivity index (χ2v) is 6.25. The Morgan fingerprint density at radius 1 is 1.30 bits per heavy atom. The fourth-order valence-electron chi connectivity index (χ4n) is 2.20. The highest BCUT2D eigenvalue weighted by Gasteiger charge is 2.20. The first kappa shape index (κ1) is 15.4. The zero-order chi connectivity index (χ0) is 14.5. The molecule has 1 N–H and O–H groups in total. The lowest BCUT2D eigenvalue weighted by Crippen LogP contribution is -2.21. The van der Waals surface area contributed by atoms with Crippen LogP contribution in [-0.4, -0.2) is 13.2 Å².